The number of quaternary nitrogens is 1. The molecule has 6 nitrogen and oxygen atoms in total. The molecule has 2 heterocycles. The number of rotatable bonds is 6. The van der Waals surface area contributed by atoms with Crippen LogP contribution in [0.2, 0.25) is 0 Å². The third-order valence-corrected chi connectivity index (χ3v) is 5.73. The lowest BCUT2D eigenvalue weighted by Crippen LogP contribution is -3.15. The molecule has 2 aromatic rings. The molecule has 148 valence electrons. The molecule has 7 heteroatoms. The van der Waals surface area contributed by atoms with Gasteiger partial charge < -0.3 is 19.3 Å². The quantitative estimate of drug-likeness (QED) is 0.711. The van der Waals surface area contributed by atoms with Gasteiger partial charge >= 0.3 is 0 Å². The van der Waals surface area contributed by atoms with E-state index in [1.54, 1.807) is 7.11 Å². The first-order valence-corrected chi connectivity index (χ1v) is 10.1. The van der Waals surface area contributed by atoms with Crippen molar-refractivity contribution in [3.8, 4) is 5.75 Å². The van der Waals surface area contributed by atoms with Gasteiger partial charge in [0.2, 0.25) is 0 Å². The topological polar surface area (TPSA) is 41.4 Å². The summed E-state index contributed by atoms with van der Waals surface area (Å²) in [5, 5.41) is 2.96. The van der Waals surface area contributed by atoms with E-state index in [2.05, 4.69) is 51.7 Å². The predicted molar refractivity (Wildman–Crippen MR) is 112 cm³/mol. The van der Waals surface area contributed by atoms with Crippen molar-refractivity contribution in [1.82, 2.24) is 15.3 Å². The minimum absolute atomic E-state index is 0.000877. The first kappa shape index (κ1) is 19.1. The highest BCUT2D eigenvalue weighted by molar-refractivity contribution is 7.80. The Morgan fingerprint density at radius 3 is 2.50 bits per heavy atom. The molecule has 0 amide bonds. The second kappa shape index (κ2) is 8.87. The van der Waals surface area contributed by atoms with Crippen LogP contribution in [0.4, 0.5) is 0 Å². The molecule has 28 heavy (non-hydrogen) atoms. The van der Waals surface area contributed by atoms with Crippen molar-refractivity contribution in [1.29, 1.82) is 0 Å². The van der Waals surface area contributed by atoms with Crippen molar-refractivity contribution in [3.05, 3.63) is 65.7 Å². The zero-order valence-electron chi connectivity index (χ0n) is 16.1. The van der Waals surface area contributed by atoms with E-state index in [4.69, 9.17) is 21.7 Å². The summed E-state index contributed by atoms with van der Waals surface area (Å²) in [4.78, 5) is 3.74. The lowest BCUT2D eigenvalue weighted by molar-refractivity contribution is -0.917. The SMILES string of the molecule is COc1ccc([C@H]2NN(C[NH+]3CCOCC3)C(=S)N2Cc2ccccc2)cc1. The van der Waals surface area contributed by atoms with Crippen LogP contribution in [-0.4, -0.2) is 55.1 Å². The Kier molecular flexibility index (Phi) is 6.07. The van der Waals surface area contributed by atoms with Gasteiger partial charge in [0.25, 0.3) is 0 Å². The molecule has 2 aliphatic rings. The number of ether oxygens (including phenoxy) is 2. The van der Waals surface area contributed by atoms with Crippen LogP contribution in [0, 0.1) is 0 Å². The molecule has 2 fully saturated rings. The number of methoxy groups -OCH3 is 1. The number of hydrazine groups is 1. The van der Waals surface area contributed by atoms with E-state index in [1.165, 1.54) is 16.0 Å². The summed E-state index contributed by atoms with van der Waals surface area (Å²) in [7, 11) is 1.69. The van der Waals surface area contributed by atoms with E-state index in [0.29, 0.717) is 0 Å². The molecule has 0 spiro atoms. The molecule has 0 saturated carbocycles. The maximum atomic E-state index is 5.88. The second-order valence-corrected chi connectivity index (χ2v) is 7.51. The van der Waals surface area contributed by atoms with Gasteiger partial charge in [-0.25, -0.2) is 10.4 Å². The van der Waals surface area contributed by atoms with Crippen LogP contribution in [0.3, 0.4) is 0 Å². The highest BCUT2D eigenvalue weighted by atomic mass is 32.1. The first-order valence-electron chi connectivity index (χ1n) is 9.68. The molecule has 2 aliphatic heterocycles. The summed E-state index contributed by atoms with van der Waals surface area (Å²) in [5.74, 6) is 0.855. The summed E-state index contributed by atoms with van der Waals surface area (Å²) in [6.07, 6.45) is -0.000877. The third-order valence-electron chi connectivity index (χ3n) is 5.28. The Labute approximate surface area is 171 Å². The standard InChI is InChI=1S/C21H26N4O2S/c1-26-19-9-7-18(8-10-19)20-22-25(16-23-11-13-27-14-12-23)21(28)24(20)15-17-5-3-2-4-6-17/h2-10,20,22H,11-16H2,1H3/p+1/t20-/m0/s1. The molecule has 2 N–H and O–H groups in total. The van der Waals surface area contributed by atoms with Crippen molar-refractivity contribution in [3.63, 3.8) is 0 Å². The summed E-state index contributed by atoms with van der Waals surface area (Å²) in [5.41, 5.74) is 6.03. The van der Waals surface area contributed by atoms with E-state index < -0.39 is 0 Å². The number of hydrogen-bond donors (Lipinski definition) is 2. The number of thiocarbonyl (C=S) groups is 1. The molecular formula is C21H27N4O2S+. The minimum Gasteiger partial charge on any atom is -0.497 e. The monoisotopic (exact) mass is 399 g/mol. The van der Waals surface area contributed by atoms with Crippen LogP contribution in [0.25, 0.3) is 0 Å². The van der Waals surface area contributed by atoms with Crippen LogP contribution < -0.4 is 15.1 Å². The molecule has 4 rings (SSSR count). The zero-order valence-corrected chi connectivity index (χ0v) is 17.0. The van der Waals surface area contributed by atoms with Crippen molar-refractivity contribution >= 4 is 17.3 Å². The molecule has 0 radical (unpaired) electrons. The smallest absolute Gasteiger partial charge is 0.192 e. The molecule has 1 atom stereocenters. The third kappa shape index (κ3) is 4.28. The summed E-state index contributed by atoms with van der Waals surface area (Å²) in [6.45, 7) is 5.23. The maximum Gasteiger partial charge on any atom is 0.192 e. The minimum atomic E-state index is -0.000877. The van der Waals surface area contributed by atoms with E-state index in [-0.39, 0.29) is 6.17 Å². The van der Waals surface area contributed by atoms with Gasteiger partial charge in [0.05, 0.1) is 20.3 Å². The Bertz CT molecular complexity index is 781. The van der Waals surface area contributed by atoms with Gasteiger partial charge in [-0.1, -0.05) is 42.5 Å². The summed E-state index contributed by atoms with van der Waals surface area (Å²) in [6, 6.07) is 18.7. The van der Waals surface area contributed by atoms with Crippen molar-refractivity contribution in [2.75, 3.05) is 40.1 Å². The van der Waals surface area contributed by atoms with Gasteiger partial charge in [-0.05, 0) is 35.5 Å². The van der Waals surface area contributed by atoms with Gasteiger partial charge in [0, 0.05) is 6.54 Å². The van der Waals surface area contributed by atoms with Gasteiger partial charge in [-0.2, -0.15) is 0 Å². The normalized spacial score (nSPS) is 20.6. The average molecular weight is 400 g/mol. The van der Waals surface area contributed by atoms with Gasteiger partial charge in [-0.15, -0.1) is 0 Å². The molecule has 0 aliphatic carbocycles. The van der Waals surface area contributed by atoms with Crippen molar-refractivity contribution in [2.45, 2.75) is 12.7 Å². The highest BCUT2D eigenvalue weighted by Crippen LogP contribution is 2.28. The van der Waals surface area contributed by atoms with Crippen LogP contribution in [0.5, 0.6) is 5.75 Å². The predicted octanol–water partition coefficient (Wildman–Crippen LogP) is 1.17. The lowest BCUT2D eigenvalue weighted by atomic mass is 10.1. The fourth-order valence-corrected chi connectivity index (χ4v) is 3.96. The molecular weight excluding hydrogens is 372 g/mol. The number of benzene rings is 2. The average Bonchev–Trinajstić information content (AvgIpc) is 3.05. The molecule has 2 aromatic carbocycles. The van der Waals surface area contributed by atoms with Crippen LogP contribution in [0.1, 0.15) is 17.3 Å². The van der Waals surface area contributed by atoms with Gasteiger partial charge in [-0.3, -0.25) is 0 Å². The number of nitrogens with one attached hydrogen (secondary N) is 2. The van der Waals surface area contributed by atoms with Crippen molar-refractivity contribution < 1.29 is 14.4 Å². The summed E-state index contributed by atoms with van der Waals surface area (Å²) >= 11 is 5.88. The second-order valence-electron chi connectivity index (χ2n) is 7.15. The fourth-order valence-electron chi connectivity index (χ4n) is 3.67. The molecule has 0 bridgehead atoms. The maximum absolute atomic E-state index is 5.88. The van der Waals surface area contributed by atoms with Crippen molar-refractivity contribution in [2.24, 2.45) is 0 Å². The van der Waals surface area contributed by atoms with E-state index in [9.17, 15) is 0 Å². The lowest BCUT2D eigenvalue weighted by Gasteiger charge is -2.28. The van der Waals surface area contributed by atoms with Crippen LogP contribution in [0.15, 0.2) is 54.6 Å². The van der Waals surface area contributed by atoms with E-state index >= 15 is 0 Å². The largest absolute Gasteiger partial charge is 0.497 e. The zero-order chi connectivity index (χ0) is 19.3. The fraction of sp³-hybridized carbons (Fsp3) is 0.381. The Hall–Kier alpha value is -2.19. The van der Waals surface area contributed by atoms with E-state index in [0.717, 1.165) is 50.4 Å². The molecule has 2 saturated heterocycles. The van der Waals surface area contributed by atoms with Crippen LogP contribution in [-0.2, 0) is 11.3 Å². The van der Waals surface area contributed by atoms with Gasteiger partial charge in [0.1, 0.15) is 25.0 Å². The highest BCUT2D eigenvalue weighted by Gasteiger charge is 2.36. The van der Waals surface area contributed by atoms with Crippen LogP contribution >= 0.6 is 12.2 Å². The first-order chi connectivity index (χ1) is 13.7. The Morgan fingerprint density at radius 2 is 1.82 bits per heavy atom. The Balaban J connectivity index is 1.55. The Morgan fingerprint density at radius 1 is 1.11 bits per heavy atom. The molecule has 0 unspecified atom stereocenters. The summed E-state index contributed by atoms with van der Waals surface area (Å²) < 4.78 is 10.8. The number of hydrogen-bond acceptors (Lipinski definition) is 4. The number of nitrogens with zero attached hydrogens (tertiary/aromatic N) is 2. The number of morpholine rings is 1. The van der Waals surface area contributed by atoms with E-state index in [1.807, 2.05) is 18.2 Å². The van der Waals surface area contributed by atoms with Gasteiger partial charge in [0.15, 0.2) is 11.8 Å². The molecule has 0 aromatic heterocycles.